The molecule has 1 aliphatic rings. The lowest BCUT2D eigenvalue weighted by Gasteiger charge is -2.18. The highest BCUT2D eigenvalue weighted by atomic mass is 16.5. The molecule has 24 heavy (non-hydrogen) atoms. The van der Waals surface area contributed by atoms with Crippen LogP contribution in [0.25, 0.3) is 11.0 Å². The Labute approximate surface area is 144 Å². The van der Waals surface area contributed by atoms with Crippen LogP contribution < -0.4 is 4.57 Å². The molecular formula is C20H29N2O2+. The van der Waals surface area contributed by atoms with Crippen molar-refractivity contribution in [1.29, 1.82) is 0 Å². The largest absolute Gasteiger partial charge is 0.387 e. The van der Waals surface area contributed by atoms with Crippen molar-refractivity contribution in [2.24, 2.45) is 13.0 Å². The maximum absolute atomic E-state index is 10.5. The highest BCUT2D eigenvalue weighted by molar-refractivity contribution is 5.72. The molecule has 0 radical (unpaired) electrons. The van der Waals surface area contributed by atoms with Gasteiger partial charge in [-0.1, -0.05) is 31.2 Å². The Morgan fingerprint density at radius 3 is 2.92 bits per heavy atom. The second kappa shape index (κ2) is 7.95. The SMILES string of the molecule is CCc1n(C[C@H](O)COC[C@@H]2CC=CCC2)c2ccccc2[n+]1C. The fourth-order valence-corrected chi connectivity index (χ4v) is 3.71. The lowest BCUT2D eigenvalue weighted by atomic mass is 9.95. The molecule has 2 aromatic rings. The third-order valence-electron chi connectivity index (χ3n) is 4.98. The van der Waals surface area contributed by atoms with E-state index in [-0.39, 0.29) is 0 Å². The molecule has 0 spiro atoms. The number of ether oxygens (including phenoxy) is 1. The lowest BCUT2D eigenvalue weighted by Crippen LogP contribution is -2.34. The zero-order valence-electron chi connectivity index (χ0n) is 14.8. The first-order chi connectivity index (χ1) is 11.7. The monoisotopic (exact) mass is 329 g/mol. The summed E-state index contributed by atoms with van der Waals surface area (Å²) in [6.45, 7) is 3.89. The van der Waals surface area contributed by atoms with Crippen molar-refractivity contribution >= 4 is 11.0 Å². The van der Waals surface area contributed by atoms with E-state index in [9.17, 15) is 5.11 Å². The molecular weight excluding hydrogens is 300 g/mol. The summed E-state index contributed by atoms with van der Waals surface area (Å²) in [4.78, 5) is 0. The van der Waals surface area contributed by atoms with Crippen LogP contribution in [0.1, 0.15) is 32.0 Å². The quantitative estimate of drug-likeness (QED) is 0.626. The molecule has 3 rings (SSSR count). The van der Waals surface area contributed by atoms with E-state index in [0.29, 0.717) is 19.1 Å². The summed E-state index contributed by atoms with van der Waals surface area (Å²) in [6.07, 6.45) is 8.40. The van der Waals surface area contributed by atoms with Crippen LogP contribution in [-0.4, -0.2) is 29.0 Å². The van der Waals surface area contributed by atoms with Crippen molar-refractivity contribution < 1.29 is 14.4 Å². The fourth-order valence-electron chi connectivity index (χ4n) is 3.71. The van der Waals surface area contributed by atoms with Gasteiger partial charge in [-0.3, -0.25) is 0 Å². The minimum atomic E-state index is -0.481. The molecule has 1 N–H and O–H groups in total. The van der Waals surface area contributed by atoms with E-state index in [1.165, 1.54) is 23.3 Å². The zero-order chi connectivity index (χ0) is 16.9. The number of fused-ring (bicyclic) bond motifs is 1. The van der Waals surface area contributed by atoms with Crippen molar-refractivity contribution in [3.8, 4) is 0 Å². The van der Waals surface area contributed by atoms with E-state index >= 15 is 0 Å². The van der Waals surface area contributed by atoms with E-state index < -0.39 is 6.10 Å². The summed E-state index contributed by atoms with van der Waals surface area (Å²) in [6, 6.07) is 8.36. The summed E-state index contributed by atoms with van der Waals surface area (Å²) in [5, 5.41) is 10.5. The maximum Gasteiger partial charge on any atom is 0.256 e. The number of benzene rings is 1. The molecule has 0 amide bonds. The van der Waals surface area contributed by atoms with Crippen LogP contribution >= 0.6 is 0 Å². The number of aliphatic hydroxyl groups excluding tert-OH is 1. The molecule has 1 aromatic carbocycles. The summed E-state index contributed by atoms with van der Waals surface area (Å²) in [7, 11) is 2.09. The minimum absolute atomic E-state index is 0.402. The van der Waals surface area contributed by atoms with Gasteiger partial charge in [-0.25, -0.2) is 9.13 Å². The molecule has 0 bridgehead atoms. The molecule has 0 fully saturated rings. The molecule has 1 aliphatic carbocycles. The van der Waals surface area contributed by atoms with Crippen molar-refractivity contribution in [2.75, 3.05) is 13.2 Å². The van der Waals surface area contributed by atoms with Crippen LogP contribution in [0.5, 0.6) is 0 Å². The predicted octanol–water partition coefficient (Wildman–Crippen LogP) is 2.76. The van der Waals surface area contributed by atoms with E-state index in [4.69, 9.17) is 4.74 Å². The molecule has 0 aliphatic heterocycles. The number of nitrogens with zero attached hydrogens (tertiary/aromatic N) is 2. The topological polar surface area (TPSA) is 38.3 Å². The molecule has 2 atom stereocenters. The van der Waals surface area contributed by atoms with Gasteiger partial charge in [0.25, 0.3) is 5.82 Å². The normalized spacial score (nSPS) is 19.0. The Kier molecular flexibility index (Phi) is 5.69. The third kappa shape index (κ3) is 3.70. The third-order valence-corrected chi connectivity index (χ3v) is 4.98. The van der Waals surface area contributed by atoms with Crippen LogP contribution in [0.15, 0.2) is 36.4 Å². The smallest absolute Gasteiger partial charge is 0.256 e. The first-order valence-corrected chi connectivity index (χ1v) is 9.07. The molecule has 4 heteroatoms. The van der Waals surface area contributed by atoms with E-state index in [1.54, 1.807) is 0 Å². The lowest BCUT2D eigenvalue weighted by molar-refractivity contribution is -0.653. The highest BCUT2D eigenvalue weighted by Crippen LogP contribution is 2.19. The van der Waals surface area contributed by atoms with Crippen LogP contribution in [0, 0.1) is 5.92 Å². The minimum Gasteiger partial charge on any atom is -0.387 e. The number of rotatable bonds is 7. The van der Waals surface area contributed by atoms with Gasteiger partial charge in [0, 0.05) is 13.0 Å². The number of aryl methyl sites for hydroxylation is 1. The fraction of sp³-hybridized carbons (Fsp3) is 0.550. The molecule has 1 aromatic heterocycles. The maximum atomic E-state index is 10.5. The molecule has 4 nitrogen and oxygen atoms in total. The van der Waals surface area contributed by atoms with Gasteiger partial charge in [-0.15, -0.1) is 0 Å². The van der Waals surface area contributed by atoms with Gasteiger partial charge >= 0.3 is 0 Å². The number of hydrogen-bond donors (Lipinski definition) is 1. The van der Waals surface area contributed by atoms with Crippen LogP contribution in [-0.2, 0) is 24.8 Å². The van der Waals surface area contributed by atoms with Gasteiger partial charge in [0.15, 0.2) is 11.0 Å². The highest BCUT2D eigenvalue weighted by Gasteiger charge is 2.23. The average molecular weight is 329 g/mol. The van der Waals surface area contributed by atoms with Gasteiger partial charge in [0.1, 0.15) is 12.6 Å². The Morgan fingerprint density at radius 1 is 1.33 bits per heavy atom. The molecule has 1 heterocycles. The predicted molar refractivity (Wildman–Crippen MR) is 95.8 cm³/mol. The molecule has 130 valence electrons. The Balaban J connectivity index is 1.62. The number of hydrogen-bond acceptors (Lipinski definition) is 2. The van der Waals surface area contributed by atoms with Gasteiger partial charge in [0.05, 0.1) is 13.7 Å². The summed E-state index contributed by atoms with van der Waals surface area (Å²) >= 11 is 0. The van der Waals surface area contributed by atoms with Crippen molar-refractivity contribution in [2.45, 2.75) is 45.3 Å². The van der Waals surface area contributed by atoms with Crippen molar-refractivity contribution in [3.05, 3.63) is 42.2 Å². The van der Waals surface area contributed by atoms with Crippen LogP contribution in [0.2, 0.25) is 0 Å². The van der Waals surface area contributed by atoms with Crippen molar-refractivity contribution in [3.63, 3.8) is 0 Å². The first-order valence-electron chi connectivity index (χ1n) is 9.07. The van der Waals surface area contributed by atoms with E-state index in [1.807, 2.05) is 0 Å². The van der Waals surface area contributed by atoms with E-state index in [0.717, 1.165) is 25.9 Å². The van der Waals surface area contributed by atoms with Crippen LogP contribution in [0.4, 0.5) is 0 Å². The van der Waals surface area contributed by atoms with E-state index in [2.05, 4.69) is 59.5 Å². The second-order valence-corrected chi connectivity index (χ2v) is 6.77. The number of imidazole rings is 1. The Hall–Kier alpha value is -1.65. The summed E-state index contributed by atoms with van der Waals surface area (Å²) in [5.74, 6) is 1.84. The number of aromatic nitrogens is 2. The standard InChI is InChI=1S/C20H29N2O2/c1-3-20-21(2)18-11-7-8-12-19(18)22(20)13-17(23)15-24-14-16-9-5-4-6-10-16/h4-5,7-8,11-12,16-17,23H,3,6,9-10,13-15H2,1-2H3/q+1/t16-,17+/m1/s1. The Bertz CT molecular complexity index is 705. The number of allylic oxidation sites excluding steroid dienone is 2. The van der Waals surface area contributed by atoms with Crippen LogP contribution in [0.3, 0.4) is 0 Å². The second-order valence-electron chi connectivity index (χ2n) is 6.77. The number of para-hydroxylation sites is 2. The van der Waals surface area contributed by atoms with Gasteiger partial charge in [-0.05, 0) is 37.3 Å². The Morgan fingerprint density at radius 2 is 2.17 bits per heavy atom. The summed E-state index contributed by atoms with van der Waals surface area (Å²) < 4.78 is 10.2. The molecule has 0 saturated carbocycles. The average Bonchev–Trinajstić information content (AvgIpc) is 2.88. The zero-order valence-corrected chi connectivity index (χ0v) is 14.8. The number of aliphatic hydroxyl groups is 1. The first kappa shape index (κ1) is 17.2. The van der Waals surface area contributed by atoms with Gasteiger partial charge < -0.3 is 9.84 Å². The van der Waals surface area contributed by atoms with Gasteiger partial charge in [-0.2, -0.15) is 0 Å². The summed E-state index contributed by atoms with van der Waals surface area (Å²) in [5.41, 5.74) is 2.38. The van der Waals surface area contributed by atoms with Gasteiger partial charge in [0.2, 0.25) is 0 Å². The van der Waals surface area contributed by atoms with Crippen molar-refractivity contribution in [1.82, 2.24) is 4.57 Å². The molecule has 0 saturated heterocycles. The molecule has 0 unspecified atom stereocenters.